The van der Waals surface area contributed by atoms with E-state index in [1.54, 1.807) is 18.3 Å². The standard InChI is InChI=1S/C14H18N4O2/c1-3-5-14-16-6-7-17(14)12-8-11(15-4-2)9-13(10-12)18(19)20/h6-10,15H,3-5H2,1-2H3. The van der Waals surface area contributed by atoms with E-state index in [0.29, 0.717) is 6.54 Å². The zero-order chi connectivity index (χ0) is 14.5. The summed E-state index contributed by atoms with van der Waals surface area (Å²) in [5.41, 5.74) is 1.58. The van der Waals surface area contributed by atoms with Crippen molar-refractivity contribution in [2.75, 3.05) is 11.9 Å². The molecular formula is C14H18N4O2. The Morgan fingerprint density at radius 2 is 2.15 bits per heavy atom. The Labute approximate surface area is 117 Å². The molecular weight excluding hydrogens is 256 g/mol. The number of nitro benzene ring substituents is 1. The number of anilines is 1. The molecule has 1 heterocycles. The lowest BCUT2D eigenvalue weighted by molar-refractivity contribution is -0.384. The van der Waals surface area contributed by atoms with Crippen molar-refractivity contribution in [3.63, 3.8) is 0 Å². The highest BCUT2D eigenvalue weighted by Gasteiger charge is 2.12. The number of non-ortho nitro benzene ring substituents is 1. The minimum atomic E-state index is -0.374. The van der Waals surface area contributed by atoms with Crippen LogP contribution in [0.25, 0.3) is 5.69 Å². The van der Waals surface area contributed by atoms with Crippen LogP contribution in [-0.4, -0.2) is 21.0 Å². The molecule has 106 valence electrons. The van der Waals surface area contributed by atoms with E-state index in [0.717, 1.165) is 30.0 Å². The molecule has 0 bridgehead atoms. The summed E-state index contributed by atoms with van der Waals surface area (Å²) in [4.78, 5) is 15.0. The van der Waals surface area contributed by atoms with Crippen LogP contribution in [0.2, 0.25) is 0 Å². The highest BCUT2D eigenvalue weighted by atomic mass is 16.6. The molecule has 1 aromatic carbocycles. The van der Waals surface area contributed by atoms with E-state index >= 15 is 0 Å². The summed E-state index contributed by atoms with van der Waals surface area (Å²) in [5, 5.41) is 14.2. The minimum absolute atomic E-state index is 0.0783. The maximum atomic E-state index is 11.0. The van der Waals surface area contributed by atoms with E-state index < -0.39 is 0 Å². The van der Waals surface area contributed by atoms with E-state index in [9.17, 15) is 10.1 Å². The van der Waals surface area contributed by atoms with Gasteiger partial charge in [-0.1, -0.05) is 6.92 Å². The Balaban J connectivity index is 2.48. The van der Waals surface area contributed by atoms with Gasteiger partial charge in [0.1, 0.15) is 5.82 Å². The van der Waals surface area contributed by atoms with Crippen molar-refractivity contribution in [1.29, 1.82) is 0 Å². The smallest absolute Gasteiger partial charge is 0.273 e. The molecule has 0 saturated carbocycles. The fourth-order valence-electron chi connectivity index (χ4n) is 2.12. The molecule has 0 amide bonds. The number of nitro groups is 1. The Bertz CT molecular complexity index is 607. The van der Waals surface area contributed by atoms with Crippen molar-refractivity contribution in [3.05, 3.63) is 46.5 Å². The van der Waals surface area contributed by atoms with E-state index in [4.69, 9.17) is 0 Å². The van der Waals surface area contributed by atoms with Crippen LogP contribution in [-0.2, 0) is 6.42 Å². The number of imidazole rings is 1. The monoisotopic (exact) mass is 274 g/mol. The fourth-order valence-corrected chi connectivity index (χ4v) is 2.12. The molecule has 6 nitrogen and oxygen atoms in total. The summed E-state index contributed by atoms with van der Waals surface area (Å²) in [5.74, 6) is 0.912. The maximum absolute atomic E-state index is 11.0. The second-order valence-corrected chi connectivity index (χ2v) is 4.49. The summed E-state index contributed by atoms with van der Waals surface area (Å²) in [6, 6.07) is 5.02. The molecule has 0 radical (unpaired) electrons. The van der Waals surface area contributed by atoms with E-state index in [-0.39, 0.29) is 10.6 Å². The first-order valence-corrected chi connectivity index (χ1v) is 6.71. The van der Waals surface area contributed by atoms with Crippen molar-refractivity contribution in [2.45, 2.75) is 26.7 Å². The van der Waals surface area contributed by atoms with Crippen LogP contribution in [0.1, 0.15) is 26.1 Å². The first-order chi connectivity index (χ1) is 9.65. The van der Waals surface area contributed by atoms with Gasteiger partial charge in [0, 0.05) is 43.2 Å². The lowest BCUT2D eigenvalue weighted by atomic mass is 10.2. The van der Waals surface area contributed by atoms with Gasteiger partial charge in [-0.2, -0.15) is 0 Å². The fraction of sp³-hybridized carbons (Fsp3) is 0.357. The van der Waals surface area contributed by atoms with E-state index in [1.165, 1.54) is 0 Å². The minimum Gasteiger partial charge on any atom is -0.385 e. The number of rotatable bonds is 6. The Kier molecular flexibility index (Phi) is 4.34. The second kappa shape index (κ2) is 6.18. The number of nitrogens with one attached hydrogen (secondary N) is 1. The summed E-state index contributed by atoms with van der Waals surface area (Å²) >= 11 is 0. The highest BCUT2D eigenvalue weighted by molar-refractivity contribution is 5.59. The third-order valence-electron chi connectivity index (χ3n) is 2.96. The molecule has 1 aromatic heterocycles. The van der Waals surface area contributed by atoms with Crippen molar-refractivity contribution in [3.8, 4) is 5.69 Å². The number of nitrogens with zero attached hydrogens (tertiary/aromatic N) is 3. The lowest BCUT2D eigenvalue weighted by Crippen LogP contribution is -2.04. The van der Waals surface area contributed by atoms with Gasteiger partial charge in [-0.25, -0.2) is 4.98 Å². The topological polar surface area (TPSA) is 73.0 Å². The molecule has 2 aromatic rings. The van der Waals surface area contributed by atoms with Crippen LogP contribution in [0.15, 0.2) is 30.6 Å². The zero-order valence-corrected chi connectivity index (χ0v) is 11.7. The number of hydrogen-bond acceptors (Lipinski definition) is 4. The Hall–Kier alpha value is -2.37. The van der Waals surface area contributed by atoms with Crippen molar-refractivity contribution >= 4 is 11.4 Å². The first-order valence-electron chi connectivity index (χ1n) is 6.71. The molecule has 1 N–H and O–H groups in total. The van der Waals surface area contributed by atoms with Gasteiger partial charge < -0.3 is 9.88 Å². The second-order valence-electron chi connectivity index (χ2n) is 4.49. The number of aryl methyl sites for hydroxylation is 1. The maximum Gasteiger partial charge on any atom is 0.273 e. The van der Waals surface area contributed by atoms with Crippen LogP contribution < -0.4 is 5.32 Å². The van der Waals surface area contributed by atoms with Crippen molar-refractivity contribution < 1.29 is 4.92 Å². The predicted octanol–water partition coefficient (Wildman–Crippen LogP) is 3.16. The SMILES string of the molecule is CCCc1nccn1-c1cc(NCC)cc([N+](=O)[O-])c1. The van der Waals surface area contributed by atoms with Crippen molar-refractivity contribution in [1.82, 2.24) is 9.55 Å². The molecule has 0 aliphatic heterocycles. The molecule has 0 atom stereocenters. The van der Waals surface area contributed by atoms with Gasteiger partial charge >= 0.3 is 0 Å². The number of benzene rings is 1. The predicted molar refractivity (Wildman–Crippen MR) is 78.4 cm³/mol. The van der Waals surface area contributed by atoms with Crippen LogP contribution >= 0.6 is 0 Å². The Morgan fingerprint density at radius 1 is 1.35 bits per heavy atom. The molecule has 20 heavy (non-hydrogen) atoms. The van der Waals surface area contributed by atoms with Gasteiger partial charge in [0.05, 0.1) is 10.6 Å². The van der Waals surface area contributed by atoms with Gasteiger partial charge in [-0.3, -0.25) is 10.1 Å². The lowest BCUT2D eigenvalue weighted by Gasteiger charge is -2.10. The summed E-state index contributed by atoms with van der Waals surface area (Å²) < 4.78 is 1.90. The molecule has 6 heteroatoms. The number of aromatic nitrogens is 2. The summed E-state index contributed by atoms with van der Waals surface area (Å²) in [7, 11) is 0. The highest BCUT2D eigenvalue weighted by Crippen LogP contribution is 2.24. The zero-order valence-electron chi connectivity index (χ0n) is 11.7. The van der Waals surface area contributed by atoms with Crippen LogP contribution in [0.3, 0.4) is 0 Å². The Morgan fingerprint density at radius 3 is 2.80 bits per heavy atom. The van der Waals surface area contributed by atoms with E-state index in [1.807, 2.05) is 23.8 Å². The summed E-state index contributed by atoms with van der Waals surface area (Å²) in [6.45, 7) is 4.75. The third kappa shape index (κ3) is 2.96. The van der Waals surface area contributed by atoms with Crippen LogP contribution in [0, 0.1) is 10.1 Å². The van der Waals surface area contributed by atoms with Crippen molar-refractivity contribution in [2.24, 2.45) is 0 Å². The van der Waals surface area contributed by atoms with Gasteiger partial charge in [0.25, 0.3) is 5.69 Å². The molecule has 0 fully saturated rings. The van der Waals surface area contributed by atoms with Gasteiger partial charge in [0.2, 0.25) is 0 Å². The average Bonchev–Trinajstić information content (AvgIpc) is 2.87. The molecule has 0 saturated heterocycles. The van der Waals surface area contributed by atoms with Gasteiger partial charge in [0.15, 0.2) is 0 Å². The van der Waals surface area contributed by atoms with Crippen LogP contribution in [0.4, 0.5) is 11.4 Å². The first kappa shape index (κ1) is 14.0. The van der Waals surface area contributed by atoms with Gasteiger partial charge in [-0.15, -0.1) is 0 Å². The largest absolute Gasteiger partial charge is 0.385 e. The molecule has 0 aliphatic rings. The summed E-state index contributed by atoms with van der Waals surface area (Å²) in [6.07, 6.45) is 5.37. The average molecular weight is 274 g/mol. The quantitative estimate of drug-likeness (QED) is 0.648. The molecule has 2 rings (SSSR count). The molecule has 0 unspecified atom stereocenters. The molecule has 0 spiro atoms. The molecule has 0 aliphatic carbocycles. The third-order valence-corrected chi connectivity index (χ3v) is 2.96. The van der Waals surface area contributed by atoms with Crippen LogP contribution in [0.5, 0.6) is 0 Å². The normalized spacial score (nSPS) is 10.5. The van der Waals surface area contributed by atoms with Gasteiger partial charge in [-0.05, 0) is 19.4 Å². The van der Waals surface area contributed by atoms with E-state index in [2.05, 4.69) is 17.2 Å². The number of hydrogen-bond donors (Lipinski definition) is 1.